The summed E-state index contributed by atoms with van der Waals surface area (Å²) in [6.07, 6.45) is 0. The molecule has 5 nitrogen and oxygen atoms in total. The summed E-state index contributed by atoms with van der Waals surface area (Å²) in [7, 11) is 1.64. The monoisotopic (exact) mass is 424 g/mol. The van der Waals surface area contributed by atoms with Crippen LogP contribution in [0.5, 0.6) is 5.75 Å². The number of para-hydroxylation sites is 1. The lowest BCUT2D eigenvalue weighted by Gasteiger charge is -2.10. The molecule has 0 unspecified atom stereocenters. The van der Waals surface area contributed by atoms with Gasteiger partial charge >= 0.3 is 0 Å². The Labute approximate surface area is 185 Å². The first-order valence-corrected chi connectivity index (χ1v) is 10.7. The molecule has 0 bridgehead atoms. The number of fused-ring (bicyclic) bond motifs is 3. The second kappa shape index (κ2) is 8.27. The third-order valence-electron chi connectivity index (χ3n) is 5.78. The summed E-state index contributed by atoms with van der Waals surface area (Å²) in [5.41, 5.74) is 4.16. The number of nitrogens with one attached hydrogen (secondary N) is 1. The molecule has 0 radical (unpaired) electrons. The van der Waals surface area contributed by atoms with Crippen molar-refractivity contribution in [3.8, 4) is 16.9 Å². The van der Waals surface area contributed by atoms with E-state index in [1.165, 1.54) is 0 Å². The minimum Gasteiger partial charge on any atom is -0.497 e. The minimum absolute atomic E-state index is 0.0597. The maximum Gasteiger partial charge on any atom is 0.262 e. The van der Waals surface area contributed by atoms with Crippen molar-refractivity contribution in [2.24, 2.45) is 0 Å². The smallest absolute Gasteiger partial charge is 0.262 e. The Hall–Kier alpha value is -3.99. The van der Waals surface area contributed by atoms with E-state index in [0.717, 1.165) is 33.3 Å². The summed E-state index contributed by atoms with van der Waals surface area (Å²) in [6.45, 7) is 3.14. The Morgan fingerprint density at radius 1 is 0.969 bits per heavy atom. The fourth-order valence-electron chi connectivity index (χ4n) is 4.24. The average Bonchev–Trinajstić information content (AvgIpc) is 3.24. The first-order chi connectivity index (χ1) is 15.7. The van der Waals surface area contributed by atoms with Crippen molar-refractivity contribution in [1.82, 2.24) is 4.57 Å². The number of aryl methyl sites for hydroxylation is 1. The molecule has 2 heterocycles. The topological polar surface area (TPSA) is 56.4 Å². The summed E-state index contributed by atoms with van der Waals surface area (Å²) < 4.78 is 13.6. The average molecular weight is 425 g/mol. The third-order valence-corrected chi connectivity index (χ3v) is 5.78. The number of aromatic nitrogens is 1. The molecule has 0 aliphatic carbocycles. The van der Waals surface area contributed by atoms with Crippen LogP contribution in [0, 0.1) is 0 Å². The molecule has 160 valence electrons. The first-order valence-electron chi connectivity index (χ1n) is 10.7. The minimum atomic E-state index is -0.0597. The van der Waals surface area contributed by atoms with Crippen LogP contribution in [-0.4, -0.2) is 11.7 Å². The van der Waals surface area contributed by atoms with Crippen molar-refractivity contribution < 1.29 is 9.15 Å². The van der Waals surface area contributed by atoms with E-state index >= 15 is 0 Å². The Morgan fingerprint density at radius 2 is 1.75 bits per heavy atom. The molecule has 0 saturated carbocycles. The quantitative estimate of drug-likeness (QED) is 0.360. The maximum atomic E-state index is 13.7. The van der Waals surface area contributed by atoms with Crippen LogP contribution >= 0.6 is 0 Å². The number of benzene rings is 3. The number of methoxy groups -OCH3 is 1. The van der Waals surface area contributed by atoms with Crippen LogP contribution < -0.4 is 15.6 Å². The Balaban J connectivity index is 1.80. The fourth-order valence-corrected chi connectivity index (χ4v) is 4.24. The molecule has 0 atom stereocenters. The van der Waals surface area contributed by atoms with Gasteiger partial charge in [-0.05, 0) is 42.3 Å². The van der Waals surface area contributed by atoms with Crippen LogP contribution in [0.25, 0.3) is 33.0 Å². The summed E-state index contributed by atoms with van der Waals surface area (Å²) in [4.78, 5) is 13.7. The standard InChI is InChI=1S/C27H24N2O3/c1-3-29-22-15-8-7-14-21(22)25-24(27(29)30)23(19-12-9-13-20(16-19)31-2)26(32-25)28-17-18-10-5-4-6-11-18/h4-16,28H,3,17H2,1-2H3. The lowest BCUT2D eigenvalue weighted by atomic mass is 10.0. The second-order valence-corrected chi connectivity index (χ2v) is 7.65. The van der Waals surface area contributed by atoms with Gasteiger partial charge in [-0.2, -0.15) is 0 Å². The largest absolute Gasteiger partial charge is 0.497 e. The van der Waals surface area contributed by atoms with Gasteiger partial charge in [0.1, 0.15) is 5.75 Å². The molecule has 0 amide bonds. The number of nitrogens with zero attached hydrogens (tertiary/aromatic N) is 1. The van der Waals surface area contributed by atoms with Crippen LogP contribution in [0.1, 0.15) is 12.5 Å². The van der Waals surface area contributed by atoms with E-state index in [9.17, 15) is 4.79 Å². The van der Waals surface area contributed by atoms with Gasteiger partial charge in [0.15, 0.2) is 5.58 Å². The Morgan fingerprint density at radius 3 is 2.53 bits per heavy atom. The molecule has 2 aromatic heterocycles. The molecular weight excluding hydrogens is 400 g/mol. The number of pyridine rings is 1. The number of hydrogen-bond acceptors (Lipinski definition) is 4. The lowest BCUT2D eigenvalue weighted by Crippen LogP contribution is -2.19. The molecule has 0 spiro atoms. The van der Waals surface area contributed by atoms with Crippen molar-refractivity contribution >= 4 is 27.8 Å². The van der Waals surface area contributed by atoms with Crippen molar-refractivity contribution in [2.45, 2.75) is 20.0 Å². The van der Waals surface area contributed by atoms with Gasteiger partial charge in [-0.1, -0.05) is 54.6 Å². The molecule has 5 aromatic rings. The first kappa shape index (κ1) is 19.9. The predicted octanol–water partition coefficient (Wildman–Crippen LogP) is 6.06. The molecule has 5 heteroatoms. The molecule has 5 rings (SSSR count). The maximum absolute atomic E-state index is 13.7. The molecule has 3 aromatic carbocycles. The zero-order chi connectivity index (χ0) is 22.1. The highest BCUT2D eigenvalue weighted by molar-refractivity contribution is 6.10. The fraction of sp³-hybridized carbons (Fsp3) is 0.148. The molecule has 0 aliphatic heterocycles. The van der Waals surface area contributed by atoms with Crippen LogP contribution in [0.4, 0.5) is 5.88 Å². The van der Waals surface area contributed by atoms with E-state index in [1.54, 1.807) is 11.7 Å². The van der Waals surface area contributed by atoms with E-state index in [1.807, 2.05) is 73.7 Å². The highest BCUT2D eigenvalue weighted by Crippen LogP contribution is 2.40. The number of rotatable bonds is 6. The van der Waals surface area contributed by atoms with Gasteiger partial charge in [0.05, 0.1) is 23.6 Å². The van der Waals surface area contributed by atoms with E-state index in [0.29, 0.717) is 29.9 Å². The Kier molecular flexibility index (Phi) is 5.15. The van der Waals surface area contributed by atoms with Crippen LogP contribution in [0.2, 0.25) is 0 Å². The highest BCUT2D eigenvalue weighted by atomic mass is 16.5. The van der Waals surface area contributed by atoms with Gasteiger partial charge in [0.25, 0.3) is 5.56 Å². The van der Waals surface area contributed by atoms with Crippen molar-refractivity contribution in [2.75, 3.05) is 12.4 Å². The summed E-state index contributed by atoms with van der Waals surface area (Å²) in [5.74, 6) is 1.30. The van der Waals surface area contributed by atoms with E-state index in [4.69, 9.17) is 9.15 Å². The highest BCUT2D eigenvalue weighted by Gasteiger charge is 2.23. The molecule has 0 fully saturated rings. The van der Waals surface area contributed by atoms with Gasteiger partial charge in [-0.3, -0.25) is 4.79 Å². The second-order valence-electron chi connectivity index (χ2n) is 7.65. The number of ether oxygens (including phenoxy) is 1. The van der Waals surface area contributed by atoms with Crippen molar-refractivity contribution in [1.29, 1.82) is 0 Å². The van der Waals surface area contributed by atoms with E-state index in [2.05, 4.69) is 17.4 Å². The SMILES string of the molecule is CCn1c(=O)c2c(-c3cccc(OC)c3)c(NCc3ccccc3)oc2c2ccccc21. The van der Waals surface area contributed by atoms with Crippen LogP contribution in [0.15, 0.2) is 88.1 Å². The van der Waals surface area contributed by atoms with Crippen molar-refractivity contribution in [3.63, 3.8) is 0 Å². The summed E-state index contributed by atoms with van der Waals surface area (Å²) in [6, 6.07) is 25.7. The van der Waals surface area contributed by atoms with Gasteiger partial charge < -0.3 is 19.0 Å². The van der Waals surface area contributed by atoms with E-state index < -0.39 is 0 Å². The third kappa shape index (κ3) is 3.32. The van der Waals surface area contributed by atoms with Gasteiger partial charge in [-0.25, -0.2) is 0 Å². The number of anilines is 1. The molecule has 32 heavy (non-hydrogen) atoms. The summed E-state index contributed by atoms with van der Waals surface area (Å²) in [5, 5.41) is 4.92. The molecule has 0 aliphatic rings. The van der Waals surface area contributed by atoms with Gasteiger partial charge in [0.2, 0.25) is 5.88 Å². The molecule has 1 N–H and O–H groups in total. The lowest BCUT2D eigenvalue weighted by molar-refractivity contribution is 0.415. The zero-order valence-electron chi connectivity index (χ0n) is 18.1. The Bertz CT molecular complexity index is 1470. The predicted molar refractivity (Wildman–Crippen MR) is 129 cm³/mol. The van der Waals surface area contributed by atoms with Gasteiger partial charge in [-0.15, -0.1) is 0 Å². The number of hydrogen-bond donors (Lipinski definition) is 1. The molecular formula is C27H24N2O3. The van der Waals surface area contributed by atoms with Crippen molar-refractivity contribution in [3.05, 3.63) is 94.8 Å². The molecule has 0 saturated heterocycles. The summed E-state index contributed by atoms with van der Waals surface area (Å²) >= 11 is 0. The normalized spacial score (nSPS) is 11.2. The van der Waals surface area contributed by atoms with Crippen LogP contribution in [-0.2, 0) is 13.1 Å². The van der Waals surface area contributed by atoms with Crippen LogP contribution in [0.3, 0.4) is 0 Å². The van der Waals surface area contributed by atoms with E-state index in [-0.39, 0.29) is 5.56 Å². The van der Waals surface area contributed by atoms with Gasteiger partial charge in [0, 0.05) is 18.5 Å². The number of furan rings is 1. The zero-order valence-corrected chi connectivity index (χ0v) is 18.1.